The number of furan rings is 1. The molecular weight excluding hydrogens is 360 g/mol. The molecule has 0 amide bonds. The van der Waals surface area contributed by atoms with Crippen LogP contribution in [0.15, 0.2) is 23.0 Å². The summed E-state index contributed by atoms with van der Waals surface area (Å²) in [7, 11) is 0. The third-order valence-corrected chi connectivity index (χ3v) is 8.00. The Bertz CT molecular complexity index is 798. The van der Waals surface area contributed by atoms with E-state index in [0.29, 0.717) is 12.0 Å². The average molecular weight is 388 g/mol. The second-order valence-corrected chi connectivity index (χ2v) is 9.20. The van der Waals surface area contributed by atoms with Crippen LogP contribution >= 0.6 is 0 Å². The molecule has 1 saturated heterocycles. The molecule has 1 aliphatic heterocycles. The molecule has 2 saturated carbocycles. The Morgan fingerprint density at radius 3 is 2.68 bits per heavy atom. The maximum Gasteiger partial charge on any atom is 0.309 e. The monoisotopic (exact) mass is 388 g/mol. The second-order valence-electron chi connectivity index (χ2n) is 9.20. The van der Waals surface area contributed by atoms with E-state index in [1.54, 1.807) is 6.07 Å². The van der Waals surface area contributed by atoms with Gasteiger partial charge in [-0.3, -0.25) is 14.4 Å². The summed E-state index contributed by atoms with van der Waals surface area (Å²) in [6, 6.07) is 1.60. The SMILES string of the molecule is CC(=O)OC(C(=O)c1ccoc1)C1(C)C(C)CC2OC(=O)C3CCCC1C23C. The van der Waals surface area contributed by atoms with Crippen molar-refractivity contribution in [1.82, 2.24) is 0 Å². The number of hydrogen-bond donors (Lipinski definition) is 0. The fourth-order valence-electron chi connectivity index (χ4n) is 6.39. The molecular formula is C22H28O6. The van der Waals surface area contributed by atoms with Gasteiger partial charge in [0.15, 0.2) is 6.10 Å². The van der Waals surface area contributed by atoms with Crippen LogP contribution in [0.2, 0.25) is 0 Å². The van der Waals surface area contributed by atoms with E-state index < -0.39 is 17.5 Å². The highest BCUT2D eigenvalue weighted by Gasteiger charge is 2.69. The van der Waals surface area contributed by atoms with Gasteiger partial charge in [-0.05, 0) is 37.2 Å². The maximum absolute atomic E-state index is 13.4. The fourth-order valence-corrected chi connectivity index (χ4v) is 6.39. The highest BCUT2D eigenvalue weighted by Crippen LogP contribution is 2.66. The Hall–Kier alpha value is -2.11. The molecule has 0 spiro atoms. The molecule has 1 aromatic heterocycles. The lowest BCUT2D eigenvalue weighted by Gasteiger charge is -2.60. The molecule has 2 heterocycles. The lowest BCUT2D eigenvalue weighted by Crippen LogP contribution is -2.62. The Morgan fingerprint density at radius 1 is 1.29 bits per heavy atom. The summed E-state index contributed by atoms with van der Waals surface area (Å²) in [6.07, 6.45) is 5.06. The van der Waals surface area contributed by atoms with Crippen molar-refractivity contribution < 1.29 is 28.3 Å². The average Bonchev–Trinajstić information content (AvgIpc) is 3.25. The molecule has 7 atom stereocenters. The first-order chi connectivity index (χ1) is 13.2. The third-order valence-electron chi connectivity index (χ3n) is 8.00. The van der Waals surface area contributed by atoms with Crippen molar-refractivity contribution in [2.75, 3.05) is 0 Å². The van der Waals surface area contributed by atoms with Crippen LogP contribution in [0.4, 0.5) is 0 Å². The van der Waals surface area contributed by atoms with Gasteiger partial charge in [-0.25, -0.2) is 0 Å². The summed E-state index contributed by atoms with van der Waals surface area (Å²) in [5.41, 5.74) is -0.540. The molecule has 6 heteroatoms. The summed E-state index contributed by atoms with van der Waals surface area (Å²) in [6.45, 7) is 7.60. The van der Waals surface area contributed by atoms with E-state index in [0.717, 1.165) is 19.3 Å². The van der Waals surface area contributed by atoms with Gasteiger partial charge in [-0.2, -0.15) is 0 Å². The molecule has 6 nitrogen and oxygen atoms in total. The van der Waals surface area contributed by atoms with Crippen molar-refractivity contribution in [3.8, 4) is 0 Å². The zero-order valence-corrected chi connectivity index (χ0v) is 16.9. The van der Waals surface area contributed by atoms with E-state index in [1.807, 2.05) is 0 Å². The summed E-state index contributed by atoms with van der Waals surface area (Å²) in [5.74, 6) is -0.898. The zero-order chi connectivity index (χ0) is 20.3. The number of Topliss-reactive ketones (excluding diaryl/α,β-unsaturated/α-hetero) is 1. The molecule has 3 fully saturated rings. The first-order valence-corrected chi connectivity index (χ1v) is 10.1. The van der Waals surface area contributed by atoms with Crippen molar-refractivity contribution in [1.29, 1.82) is 0 Å². The predicted molar refractivity (Wildman–Crippen MR) is 99.3 cm³/mol. The molecule has 2 aliphatic carbocycles. The number of hydrogen-bond acceptors (Lipinski definition) is 6. The topological polar surface area (TPSA) is 82.8 Å². The largest absolute Gasteiger partial charge is 0.472 e. The van der Waals surface area contributed by atoms with Gasteiger partial charge >= 0.3 is 11.9 Å². The van der Waals surface area contributed by atoms with E-state index in [4.69, 9.17) is 13.9 Å². The smallest absolute Gasteiger partial charge is 0.309 e. The van der Waals surface area contributed by atoms with Crippen molar-refractivity contribution >= 4 is 17.7 Å². The summed E-state index contributed by atoms with van der Waals surface area (Å²) in [5, 5.41) is 0. The number of ether oxygens (including phenoxy) is 2. The van der Waals surface area contributed by atoms with Crippen molar-refractivity contribution in [2.45, 2.75) is 65.6 Å². The van der Waals surface area contributed by atoms with Crippen LogP contribution < -0.4 is 0 Å². The normalized spacial score (nSPS) is 40.4. The van der Waals surface area contributed by atoms with Crippen LogP contribution in [0.1, 0.15) is 63.7 Å². The van der Waals surface area contributed by atoms with Crippen LogP contribution in [-0.2, 0) is 19.1 Å². The Balaban J connectivity index is 1.81. The highest BCUT2D eigenvalue weighted by molar-refractivity contribution is 6.00. The van der Waals surface area contributed by atoms with Crippen molar-refractivity contribution in [2.24, 2.45) is 28.6 Å². The van der Waals surface area contributed by atoms with Gasteiger partial charge < -0.3 is 13.9 Å². The Morgan fingerprint density at radius 2 is 2.04 bits per heavy atom. The molecule has 152 valence electrons. The minimum absolute atomic E-state index is 0.0409. The molecule has 3 aliphatic rings. The van der Waals surface area contributed by atoms with Gasteiger partial charge in [0.1, 0.15) is 12.4 Å². The van der Waals surface area contributed by atoms with Crippen LogP contribution in [0.25, 0.3) is 0 Å². The molecule has 4 rings (SSSR count). The van der Waals surface area contributed by atoms with Gasteiger partial charge in [0.05, 0.1) is 17.7 Å². The Kier molecular flexibility index (Phi) is 4.43. The lowest BCUT2D eigenvalue weighted by molar-refractivity contribution is -0.184. The molecule has 0 radical (unpaired) electrons. The lowest BCUT2D eigenvalue weighted by atomic mass is 9.43. The number of carbonyl (C=O) groups excluding carboxylic acids is 3. The van der Waals surface area contributed by atoms with Crippen LogP contribution in [0.5, 0.6) is 0 Å². The van der Waals surface area contributed by atoms with E-state index in [2.05, 4.69) is 20.8 Å². The molecule has 1 aromatic rings. The molecule has 0 aromatic carbocycles. The van der Waals surface area contributed by atoms with Gasteiger partial charge in [0.2, 0.25) is 5.78 Å². The van der Waals surface area contributed by atoms with Gasteiger partial charge in [0, 0.05) is 17.8 Å². The fraction of sp³-hybridized carbons (Fsp3) is 0.682. The van der Waals surface area contributed by atoms with E-state index in [1.165, 1.54) is 19.5 Å². The van der Waals surface area contributed by atoms with Crippen molar-refractivity contribution in [3.05, 3.63) is 24.2 Å². The third kappa shape index (κ3) is 2.49. The van der Waals surface area contributed by atoms with E-state index in [9.17, 15) is 14.4 Å². The second kappa shape index (κ2) is 6.46. The maximum atomic E-state index is 13.4. The predicted octanol–water partition coefficient (Wildman–Crippen LogP) is 3.79. The first kappa shape index (κ1) is 19.2. The highest BCUT2D eigenvalue weighted by atomic mass is 16.6. The van der Waals surface area contributed by atoms with Crippen LogP contribution in [-0.4, -0.2) is 29.9 Å². The molecule has 7 unspecified atom stereocenters. The number of esters is 2. The quantitative estimate of drug-likeness (QED) is 0.576. The summed E-state index contributed by atoms with van der Waals surface area (Å²) < 4.78 is 16.6. The minimum Gasteiger partial charge on any atom is -0.472 e. The van der Waals surface area contributed by atoms with Crippen LogP contribution in [0.3, 0.4) is 0 Å². The standard InChI is InChI=1S/C22H28O6/c1-12-10-17-22(4)15(20(25)28-17)6-5-7-16(22)21(12,3)19(27-13(2)23)18(24)14-8-9-26-11-14/h8-9,11-12,15-17,19H,5-7,10H2,1-4H3. The molecule has 0 bridgehead atoms. The minimum atomic E-state index is -0.921. The number of ketones is 1. The number of carbonyl (C=O) groups is 3. The van der Waals surface area contributed by atoms with Crippen LogP contribution in [0, 0.1) is 28.6 Å². The van der Waals surface area contributed by atoms with E-state index in [-0.39, 0.29) is 41.0 Å². The van der Waals surface area contributed by atoms with Gasteiger partial charge in [-0.15, -0.1) is 0 Å². The van der Waals surface area contributed by atoms with Crippen molar-refractivity contribution in [3.63, 3.8) is 0 Å². The van der Waals surface area contributed by atoms with E-state index >= 15 is 0 Å². The van der Waals surface area contributed by atoms with Gasteiger partial charge in [-0.1, -0.05) is 27.2 Å². The Labute approximate surface area is 164 Å². The summed E-state index contributed by atoms with van der Waals surface area (Å²) in [4.78, 5) is 37.9. The summed E-state index contributed by atoms with van der Waals surface area (Å²) >= 11 is 0. The molecule has 0 N–H and O–H groups in total. The zero-order valence-electron chi connectivity index (χ0n) is 16.9. The first-order valence-electron chi connectivity index (χ1n) is 10.1. The number of rotatable bonds is 4. The van der Waals surface area contributed by atoms with Gasteiger partial charge in [0.25, 0.3) is 0 Å². The molecule has 28 heavy (non-hydrogen) atoms.